The third-order valence-electron chi connectivity index (χ3n) is 2.72. The van der Waals surface area contributed by atoms with E-state index in [0.717, 1.165) is 28.6 Å². The van der Waals surface area contributed by atoms with Crippen LogP contribution in [0.3, 0.4) is 0 Å². The molecule has 0 amide bonds. The van der Waals surface area contributed by atoms with Gasteiger partial charge in [-0.05, 0) is 27.2 Å². The molecule has 2 aromatic heterocycles. The summed E-state index contributed by atoms with van der Waals surface area (Å²) < 4.78 is 0. The van der Waals surface area contributed by atoms with Gasteiger partial charge in [0, 0.05) is 17.3 Å². The van der Waals surface area contributed by atoms with Gasteiger partial charge in [-0.3, -0.25) is 4.98 Å². The van der Waals surface area contributed by atoms with Crippen LogP contribution in [0.25, 0.3) is 0 Å². The largest absolute Gasteiger partial charge is 0.360 e. The lowest BCUT2D eigenvalue weighted by molar-refractivity contribution is 0.850. The minimum Gasteiger partial charge on any atom is -0.360 e. The second kappa shape index (κ2) is 5.44. The first-order valence-corrected chi connectivity index (χ1v) is 6.93. The molecule has 0 radical (unpaired) electrons. The number of hydrogen-bond donors (Lipinski definition) is 1. The van der Waals surface area contributed by atoms with E-state index in [2.05, 4.69) is 34.1 Å². The fourth-order valence-electron chi connectivity index (χ4n) is 1.63. The fraction of sp³-hybridized carbons (Fsp3) is 0.462. The molecule has 5 heteroatoms. The molecule has 1 atom stereocenters. The van der Waals surface area contributed by atoms with Gasteiger partial charge in [-0.25, -0.2) is 9.97 Å². The van der Waals surface area contributed by atoms with E-state index in [-0.39, 0.29) is 6.04 Å². The second-order valence-corrected chi connectivity index (χ2v) is 5.48. The lowest BCUT2D eigenvalue weighted by Crippen LogP contribution is -2.10. The van der Waals surface area contributed by atoms with Crippen LogP contribution in [-0.4, -0.2) is 15.0 Å². The molecule has 1 N–H and O–H groups in total. The highest BCUT2D eigenvalue weighted by molar-refractivity contribution is 7.11. The van der Waals surface area contributed by atoms with E-state index in [1.54, 1.807) is 17.5 Å². The van der Waals surface area contributed by atoms with Crippen LogP contribution < -0.4 is 5.32 Å². The summed E-state index contributed by atoms with van der Waals surface area (Å²) in [5.74, 6) is 0.843. The number of nitrogens with one attached hydrogen (secondary N) is 1. The molecule has 2 aromatic rings. The molecule has 96 valence electrons. The first kappa shape index (κ1) is 13.0. The number of aryl methyl sites for hydroxylation is 3. The van der Waals surface area contributed by atoms with Gasteiger partial charge in [0.1, 0.15) is 10.8 Å². The summed E-state index contributed by atoms with van der Waals surface area (Å²) in [5.41, 5.74) is 1.84. The summed E-state index contributed by atoms with van der Waals surface area (Å²) in [6, 6.07) is 0.157. The van der Waals surface area contributed by atoms with Crippen LogP contribution in [-0.2, 0) is 6.42 Å². The summed E-state index contributed by atoms with van der Waals surface area (Å²) in [6.07, 6.45) is 4.77. The maximum Gasteiger partial charge on any atom is 0.148 e. The average Bonchev–Trinajstić information content (AvgIpc) is 2.82. The number of aromatic nitrogens is 3. The van der Waals surface area contributed by atoms with E-state index in [1.807, 2.05) is 20.0 Å². The molecule has 0 saturated heterocycles. The highest BCUT2D eigenvalue weighted by Crippen LogP contribution is 2.24. The summed E-state index contributed by atoms with van der Waals surface area (Å²) in [5, 5.41) is 4.47. The van der Waals surface area contributed by atoms with E-state index in [0.29, 0.717) is 0 Å². The first-order valence-electron chi connectivity index (χ1n) is 6.11. The van der Waals surface area contributed by atoms with Crippen LogP contribution in [0.1, 0.15) is 41.2 Å². The van der Waals surface area contributed by atoms with Gasteiger partial charge in [0.2, 0.25) is 0 Å². The van der Waals surface area contributed by atoms with E-state index in [1.165, 1.54) is 4.88 Å². The number of hydrogen-bond acceptors (Lipinski definition) is 5. The van der Waals surface area contributed by atoms with Crippen LogP contribution >= 0.6 is 11.3 Å². The van der Waals surface area contributed by atoms with Gasteiger partial charge in [-0.2, -0.15) is 0 Å². The monoisotopic (exact) mass is 262 g/mol. The lowest BCUT2D eigenvalue weighted by Gasteiger charge is -2.13. The Balaban J connectivity index is 2.15. The van der Waals surface area contributed by atoms with Crippen molar-refractivity contribution in [3.63, 3.8) is 0 Å². The topological polar surface area (TPSA) is 50.7 Å². The molecule has 0 aromatic carbocycles. The van der Waals surface area contributed by atoms with Crippen molar-refractivity contribution in [3.8, 4) is 0 Å². The zero-order chi connectivity index (χ0) is 13.1. The van der Waals surface area contributed by atoms with Crippen LogP contribution in [0, 0.1) is 13.8 Å². The van der Waals surface area contributed by atoms with E-state index >= 15 is 0 Å². The van der Waals surface area contributed by atoms with Crippen LogP contribution in [0.2, 0.25) is 0 Å². The molecule has 0 aliphatic carbocycles. The molecule has 0 saturated carbocycles. The minimum atomic E-state index is 0.157. The Kier molecular flexibility index (Phi) is 3.91. The Morgan fingerprint density at radius 3 is 2.72 bits per heavy atom. The molecule has 18 heavy (non-hydrogen) atoms. The summed E-state index contributed by atoms with van der Waals surface area (Å²) in [4.78, 5) is 14.5. The van der Waals surface area contributed by atoms with E-state index in [4.69, 9.17) is 0 Å². The highest BCUT2D eigenvalue weighted by atomic mass is 32.1. The number of anilines is 1. The van der Waals surface area contributed by atoms with Crippen molar-refractivity contribution in [3.05, 3.63) is 33.7 Å². The minimum absolute atomic E-state index is 0.157. The van der Waals surface area contributed by atoms with Crippen molar-refractivity contribution < 1.29 is 0 Å². The van der Waals surface area contributed by atoms with Gasteiger partial charge in [0.15, 0.2) is 0 Å². The molecule has 2 heterocycles. The van der Waals surface area contributed by atoms with Crippen LogP contribution in [0.5, 0.6) is 0 Å². The standard InChI is InChI=1S/C13H18N4S/c1-5-11-7-15-13(18-11)10(4)17-12-9(3)14-6-8(2)16-12/h6-7,10H,5H2,1-4H3,(H,16,17). The molecule has 0 aliphatic heterocycles. The normalized spacial score (nSPS) is 12.4. The maximum absolute atomic E-state index is 4.47. The lowest BCUT2D eigenvalue weighted by atomic mass is 10.3. The Bertz CT molecular complexity index is 536. The molecule has 0 bridgehead atoms. The molecule has 0 spiro atoms. The van der Waals surface area contributed by atoms with Gasteiger partial charge < -0.3 is 5.32 Å². The van der Waals surface area contributed by atoms with Gasteiger partial charge in [0.05, 0.1) is 17.4 Å². The second-order valence-electron chi connectivity index (χ2n) is 4.33. The van der Waals surface area contributed by atoms with E-state index < -0.39 is 0 Å². The number of rotatable bonds is 4. The summed E-state index contributed by atoms with van der Waals surface area (Å²) in [6.45, 7) is 8.15. The molecule has 2 rings (SSSR count). The van der Waals surface area contributed by atoms with Gasteiger partial charge in [-0.1, -0.05) is 6.92 Å². The Morgan fingerprint density at radius 2 is 2.06 bits per heavy atom. The highest BCUT2D eigenvalue weighted by Gasteiger charge is 2.12. The predicted octanol–water partition coefficient (Wildman–Crippen LogP) is 3.29. The van der Waals surface area contributed by atoms with Gasteiger partial charge in [0.25, 0.3) is 0 Å². The zero-order valence-electron chi connectivity index (χ0n) is 11.2. The van der Waals surface area contributed by atoms with Crippen molar-refractivity contribution in [2.45, 2.75) is 40.2 Å². The van der Waals surface area contributed by atoms with Crippen molar-refractivity contribution in [1.29, 1.82) is 0 Å². The number of thiazole rings is 1. The predicted molar refractivity (Wildman–Crippen MR) is 75.0 cm³/mol. The Labute approximate surface area is 112 Å². The molecule has 1 unspecified atom stereocenters. The average molecular weight is 262 g/mol. The van der Waals surface area contributed by atoms with Crippen LogP contribution in [0.15, 0.2) is 12.4 Å². The van der Waals surface area contributed by atoms with Crippen molar-refractivity contribution in [2.75, 3.05) is 5.32 Å². The Morgan fingerprint density at radius 1 is 1.28 bits per heavy atom. The van der Waals surface area contributed by atoms with Crippen LogP contribution in [0.4, 0.5) is 5.82 Å². The third kappa shape index (κ3) is 2.85. The molecular formula is C13H18N4S. The summed E-state index contributed by atoms with van der Waals surface area (Å²) >= 11 is 1.75. The molecular weight excluding hydrogens is 244 g/mol. The maximum atomic E-state index is 4.47. The zero-order valence-corrected chi connectivity index (χ0v) is 12.0. The first-order chi connectivity index (χ1) is 8.60. The van der Waals surface area contributed by atoms with Crippen molar-refractivity contribution in [2.24, 2.45) is 0 Å². The molecule has 0 fully saturated rings. The SMILES string of the molecule is CCc1cnc(C(C)Nc2nc(C)cnc2C)s1. The van der Waals surface area contributed by atoms with E-state index in [9.17, 15) is 0 Å². The molecule has 0 aliphatic rings. The number of nitrogens with zero attached hydrogens (tertiary/aromatic N) is 3. The quantitative estimate of drug-likeness (QED) is 0.918. The molecule has 4 nitrogen and oxygen atoms in total. The Hall–Kier alpha value is -1.49. The van der Waals surface area contributed by atoms with Crippen molar-refractivity contribution >= 4 is 17.2 Å². The van der Waals surface area contributed by atoms with Crippen molar-refractivity contribution in [1.82, 2.24) is 15.0 Å². The third-order valence-corrected chi connectivity index (χ3v) is 4.04. The van der Waals surface area contributed by atoms with Gasteiger partial charge in [-0.15, -0.1) is 11.3 Å². The fourth-order valence-corrected chi connectivity index (χ4v) is 2.49. The van der Waals surface area contributed by atoms with Gasteiger partial charge >= 0.3 is 0 Å². The summed E-state index contributed by atoms with van der Waals surface area (Å²) in [7, 11) is 0. The smallest absolute Gasteiger partial charge is 0.148 e.